The molecule has 1 saturated heterocycles. The molecule has 3 aromatic rings. The van der Waals surface area contributed by atoms with Gasteiger partial charge in [-0.2, -0.15) is 8.99 Å². The smallest absolute Gasteiger partial charge is 0.271 e. The molecule has 4 rings (SSSR count). The first-order valence-corrected chi connectivity index (χ1v) is 11.9. The van der Waals surface area contributed by atoms with Crippen LogP contribution in [0.15, 0.2) is 64.3 Å². The second-order valence-electron chi connectivity index (χ2n) is 7.69. The molecule has 0 amide bonds. The normalized spacial score (nSPS) is 14.8. The Bertz CT molecular complexity index is 1300. The largest absolute Gasteiger partial charge is 0.497 e. The first-order valence-electron chi connectivity index (χ1n) is 10.5. The van der Waals surface area contributed by atoms with E-state index in [-0.39, 0.29) is 29.3 Å². The molecule has 0 atom stereocenters. The maximum atomic E-state index is 13.3. The quantitative estimate of drug-likeness (QED) is 0.544. The van der Waals surface area contributed by atoms with Crippen LogP contribution >= 0.6 is 0 Å². The topological polar surface area (TPSA) is 94.0 Å². The highest BCUT2D eigenvalue weighted by molar-refractivity contribution is 7.89. The van der Waals surface area contributed by atoms with Crippen molar-refractivity contribution >= 4 is 15.8 Å². The number of rotatable bonds is 6. The van der Waals surface area contributed by atoms with Gasteiger partial charge in [0.15, 0.2) is 0 Å². The fraction of sp³-hybridized carbons (Fsp3) is 0.304. The molecular weight excluding hydrogens is 444 g/mol. The molecule has 0 aliphatic carbocycles. The van der Waals surface area contributed by atoms with Gasteiger partial charge in [-0.05, 0) is 37.3 Å². The van der Waals surface area contributed by atoms with Crippen LogP contribution in [0.2, 0.25) is 0 Å². The summed E-state index contributed by atoms with van der Waals surface area (Å²) in [5, 5.41) is 4.52. The maximum Gasteiger partial charge on any atom is 0.271 e. The lowest BCUT2D eigenvalue weighted by Gasteiger charge is -2.34. The van der Waals surface area contributed by atoms with Gasteiger partial charge in [-0.1, -0.05) is 17.7 Å². The van der Waals surface area contributed by atoms with Gasteiger partial charge in [0.25, 0.3) is 5.56 Å². The number of hydrogen-bond donors (Lipinski definition) is 0. The van der Waals surface area contributed by atoms with Gasteiger partial charge in [0.2, 0.25) is 10.0 Å². The minimum Gasteiger partial charge on any atom is -0.497 e. The summed E-state index contributed by atoms with van der Waals surface area (Å²) in [6.07, 6.45) is 0. The molecule has 1 aliphatic rings. The van der Waals surface area contributed by atoms with E-state index in [1.165, 1.54) is 35.3 Å². The third kappa shape index (κ3) is 4.57. The lowest BCUT2D eigenvalue weighted by atomic mass is 10.2. The summed E-state index contributed by atoms with van der Waals surface area (Å²) >= 11 is 0. The number of aryl methyl sites for hydroxylation is 1. The number of piperazine rings is 1. The van der Waals surface area contributed by atoms with Gasteiger partial charge >= 0.3 is 0 Å². The average Bonchev–Trinajstić information content (AvgIpc) is 2.84. The Labute approximate surface area is 192 Å². The summed E-state index contributed by atoms with van der Waals surface area (Å²) in [5.41, 5.74) is 1.54. The first-order chi connectivity index (χ1) is 15.8. The Morgan fingerprint density at radius 3 is 2.21 bits per heavy atom. The van der Waals surface area contributed by atoms with Crippen LogP contribution in [0.25, 0.3) is 5.69 Å². The van der Waals surface area contributed by atoms with E-state index in [1.807, 2.05) is 36.1 Å². The van der Waals surface area contributed by atoms with Crippen molar-refractivity contribution in [1.82, 2.24) is 14.1 Å². The Morgan fingerprint density at radius 1 is 0.879 bits per heavy atom. The summed E-state index contributed by atoms with van der Waals surface area (Å²) in [6.45, 7) is 3.39. The number of sulfonamides is 1. The molecule has 1 aromatic heterocycles. The Hall–Kier alpha value is -3.37. The molecular formula is C23H26N4O5S. The highest BCUT2D eigenvalue weighted by Crippen LogP contribution is 2.31. The number of nitrogens with zero attached hydrogens (tertiary/aromatic N) is 4. The van der Waals surface area contributed by atoms with Gasteiger partial charge in [-0.25, -0.2) is 8.42 Å². The fourth-order valence-corrected chi connectivity index (χ4v) is 5.32. The summed E-state index contributed by atoms with van der Waals surface area (Å²) < 4.78 is 39.9. The van der Waals surface area contributed by atoms with Crippen molar-refractivity contribution in [1.29, 1.82) is 0 Å². The standard InChI is InChI=1S/C23H26N4O5S/c1-17-4-6-18(7-5-17)27-23(28)11-10-22(24-27)25-12-14-26(15-13-25)33(29,30)21-16-19(31-2)8-9-20(21)32-3/h4-11,16H,12-15H2,1-3H3. The van der Waals surface area contributed by atoms with E-state index in [0.29, 0.717) is 30.3 Å². The monoisotopic (exact) mass is 470 g/mol. The lowest BCUT2D eigenvalue weighted by molar-refractivity contribution is 0.370. The van der Waals surface area contributed by atoms with E-state index < -0.39 is 10.0 Å². The minimum atomic E-state index is -3.78. The van der Waals surface area contributed by atoms with E-state index in [4.69, 9.17) is 9.47 Å². The zero-order valence-electron chi connectivity index (χ0n) is 18.8. The second kappa shape index (κ2) is 9.24. The van der Waals surface area contributed by atoms with Crippen LogP contribution in [0.1, 0.15) is 5.56 Å². The number of hydrogen-bond acceptors (Lipinski definition) is 7. The molecule has 0 radical (unpaired) electrons. The summed E-state index contributed by atoms with van der Waals surface area (Å²) in [6, 6.07) is 15.4. The lowest BCUT2D eigenvalue weighted by Crippen LogP contribution is -2.49. The van der Waals surface area contributed by atoms with Crippen molar-refractivity contribution in [3.8, 4) is 17.2 Å². The predicted molar refractivity (Wildman–Crippen MR) is 125 cm³/mol. The van der Waals surface area contributed by atoms with E-state index in [2.05, 4.69) is 5.10 Å². The predicted octanol–water partition coefficient (Wildman–Crippen LogP) is 2.07. The molecule has 0 saturated carbocycles. The van der Waals surface area contributed by atoms with E-state index >= 15 is 0 Å². The molecule has 1 fully saturated rings. The summed E-state index contributed by atoms with van der Waals surface area (Å²) in [4.78, 5) is 14.4. The molecule has 2 aromatic carbocycles. The molecule has 2 heterocycles. The molecule has 9 nitrogen and oxygen atoms in total. The van der Waals surface area contributed by atoms with Crippen molar-refractivity contribution in [3.63, 3.8) is 0 Å². The SMILES string of the molecule is COc1ccc(OC)c(S(=O)(=O)N2CCN(c3ccc(=O)n(-c4ccc(C)cc4)n3)CC2)c1. The second-order valence-corrected chi connectivity index (χ2v) is 9.59. The van der Waals surface area contributed by atoms with Gasteiger partial charge in [0.1, 0.15) is 22.2 Å². The number of benzene rings is 2. The Morgan fingerprint density at radius 2 is 1.58 bits per heavy atom. The molecule has 33 heavy (non-hydrogen) atoms. The molecule has 0 N–H and O–H groups in total. The van der Waals surface area contributed by atoms with Crippen molar-refractivity contribution < 1.29 is 17.9 Å². The zero-order valence-corrected chi connectivity index (χ0v) is 19.6. The number of anilines is 1. The van der Waals surface area contributed by atoms with Crippen molar-refractivity contribution in [2.45, 2.75) is 11.8 Å². The maximum absolute atomic E-state index is 13.3. The third-order valence-electron chi connectivity index (χ3n) is 5.62. The van der Waals surface area contributed by atoms with Crippen LogP contribution in [0.3, 0.4) is 0 Å². The van der Waals surface area contributed by atoms with Crippen LogP contribution in [0.5, 0.6) is 11.5 Å². The van der Waals surface area contributed by atoms with Gasteiger partial charge in [0.05, 0.1) is 19.9 Å². The number of methoxy groups -OCH3 is 2. The van der Waals surface area contributed by atoms with Gasteiger partial charge in [0, 0.05) is 38.3 Å². The van der Waals surface area contributed by atoms with Crippen LogP contribution in [0, 0.1) is 6.92 Å². The van der Waals surface area contributed by atoms with Crippen LogP contribution in [-0.4, -0.2) is 62.9 Å². The average molecular weight is 471 g/mol. The van der Waals surface area contributed by atoms with Gasteiger partial charge < -0.3 is 14.4 Å². The fourth-order valence-electron chi connectivity index (χ4n) is 3.72. The molecule has 0 bridgehead atoms. The van der Waals surface area contributed by atoms with Gasteiger partial charge in [-0.15, -0.1) is 5.10 Å². The Kier molecular flexibility index (Phi) is 6.39. The number of aromatic nitrogens is 2. The van der Waals surface area contributed by atoms with Crippen molar-refractivity contribution in [2.75, 3.05) is 45.3 Å². The molecule has 0 spiro atoms. The van der Waals surface area contributed by atoms with Crippen LogP contribution in [-0.2, 0) is 10.0 Å². The van der Waals surface area contributed by atoms with Crippen LogP contribution in [0.4, 0.5) is 5.82 Å². The van der Waals surface area contributed by atoms with Gasteiger partial charge in [-0.3, -0.25) is 4.79 Å². The Balaban J connectivity index is 1.54. The first kappa shape index (κ1) is 22.8. The molecule has 1 aliphatic heterocycles. The highest BCUT2D eigenvalue weighted by atomic mass is 32.2. The van der Waals surface area contributed by atoms with Crippen LogP contribution < -0.4 is 19.9 Å². The third-order valence-corrected chi connectivity index (χ3v) is 7.54. The van der Waals surface area contributed by atoms with E-state index in [0.717, 1.165) is 5.56 Å². The summed E-state index contributed by atoms with van der Waals surface area (Å²) in [7, 11) is -0.855. The van der Waals surface area contributed by atoms with E-state index in [1.54, 1.807) is 18.2 Å². The zero-order chi connectivity index (χ0) is 23.6. The summed E-state index contributed by atoms with van der Waals surface area (Å²) in [5.74, 6) is 1.33. The van der Waals surface area contributed by atoms with E-state index in [9.17, 15) is 13.2 Å². The number of ether oxygens (including phenoxy) is 2. The minimum absolute atomic E-state index is 0.0730. The highest BCUT2D eigenvalue weighted by Gasteiger charge is 2.31. The molecule has 0 unspecified atom stereocenters. The van der Waals surface area contributed by atoms with Crippen molar-refractivity contribution in [3.05, 3.63) is 70.5 Å². The van der Waals surface area contributed by atoms with Crippen molar-refractivity contribution in [2.24, 2.45) is 0 Å². The molecule has 174 valence electrons. The molecule has 10 heteroatoms.